The number of ether oxygens (including phenoxy) is 2. The molecule has 1 aromatic carbocycles. The van der Waals surface area contributed by atoms with Crippen LogP contribution in [-0.2, 0) is 14.3 Å². The largest absolute Gasteiger partial charge is 0.494 e. The summed E-state index contributed by atoms with van der Waals surface area (Å²) in [5, 5.41) is 5.00. The molecular formula is C16H22N4O5. The van der Waals surface area contributed by atoms with Crippen molar-refractivity contribution in [2.75, 3.05) is 43.6 Å². The lowest BCUT2D eigenvalue weighted by atomic mass is 10.2. The maximum atomic E-state index is 12.0. The maximum Gasteiger partial charge on any atom is 0.328 e. The number of nitrogens with two attached hydrogens (primary N) is 1. The van der Waals surface area contributed by atoms with Crippen LogP contribution in [0.1, 0.15) is 12.8 Å². The first-order valence-electron chi connectivity index (χ1n) is 7.92. The van der Waals surface area contributed by atoms with E-state index in [2.05, 4.69) is 10.6 Å². The van der Waals surface area contributed by atoms with Crippen molar-refractivity contribution in [2.45, 2.75) is 12.8 Å². The van der Waals surface area contributed by atoms with Crippen LogP contribution in [0, 0.1) is 0 Å². The maximum absolute atomic E-state index is 12.0. The molecule has 0 atom stereocenters. The first-order chi connectivity index (χ1) is 12.0. The Labute approximate surface area is 145 Å². The average molecular weight is 350 g/mol. The molecule has 4 amide bonds. The fourth-order valence-corrected chi connectivity index (χ4v) is 2.35. The summed E-state index contributed by atoms with van der Waals surface area (Å²) in [6, 6.07) is 4.45. The van der Waals surface area contributed by atoms with Gasteiger partial charge in [0.05, 0.1) is 32.4 Å². The van der Waals surface area contributed by atoms with Crippen molar-refractivity contribution in [3.63, 3.8) is 0 Å². The van der Waals surface area contributed by atoms with Crippen LogP contribution in [0.4, 0.5) is 16.2 Å². The van der Waals surface area contributed by atoms with Gasteiger partial charge in [0.25, 0.3) is 0 Å². The van der Waals surface area contributed by atoms with Crippen LogP contribution < -0.4 is 26.0 Å². The number of imide groups is 1. The molecule has 0 aromatic heterocycles. The third kappa shape index (κ3) is 5.16. The molecule has 0 spiro atoms. The number of nitrogens with zero attached hydrogens (tertiary/aromatic N) is 1. The summed E-state index contributed by atoms with van der Waals surface area (Å²) in [6.45, 7) is 1.39. The number of rotatable bonds is 8. The van der Waals surface area contributed by atoms with Crippen LogP contribution >= 0.6 is 0 Å². The van der Waals surface area contributed by atoms with E-state index >= 15 is 0 Å². The van der Waals surface area contributed by atoms with E-state index in [1.54, 1.807) is 18.2 Å². The van der Waals surface area contributed by atoms with Gasteiger partial charge in [-0.2, -0.15) is 0 Å². The van der Waals surface area contributed by atoms with Gasteiger partial charge >= 0.3 is 6.03 Å². The van der Waals surface area contributed by atoms with Gasteiger partial charge in [0.1, 0.15) is 5.75 Å². The van der Waals surface area contributed by atoms with Crippen LogP contribution in [0.15, 0.2) is 18.2 Å². The average Bonchev–Trinajstić information content (AvgIpc) is 2.59. The molecule has 0 aliphatic carbocycles. The summed E-state index contributed by atoms with van der Waals surface area (Å²) in [5.41, 5.74) is 6.37. The van der Waals surface area contributed by atoms with Gasteiger partial charge < -0.3 is 20.5 Å². The summed E-state index contributed by atoms with van der Waals surface area (Å²) < 4.78 is 10.5. The zero-order valence-electron chi connectivity index (χ0n) is 14.0. The van der Waals surface area contributed by atoms with Gasteiger partial charge in [-0.05, 0) is 12.1 Å². The van der Waals surface area contributed by atoms with Crippen LogP contribution in [0.2, 0.25) is 0 Å². The molecule has 0 unspecified atom stereocenters. The monoisotopic (exact) mass is 350 g/mol. The minimum absolute atomic E-state index is 0.201. The Morgan fingerprint density at radius 1 is 1.36 bits per heavy atom. The van der Waals surface area contributed by atoms with E-state index in [1.807, 2.05) is 0 Å². The lowest BCUT2D eigenvalue weighted by Gasteiger charge is -2.28. The zero-order valence-corrected chi connectivity index (χ0v) is 14.0. The molecule has 1 aliphatic heterocycles. The van der Waals surface area contributed by atoms with Crippen molar-refractivity contribution in [1.29, 1.82) is 0 Å². The highest BCUT2D eigenvalue weighted by molar-refractivity contribution is 6.06. The summed E-state index contributed by atoms with van der Waals surface area (Å²) in [4.78, 5) is 36.5. The molecule has 1 aromatic rings. The van der Waals surface area contributed by atoms with Crippen molar-refractivity contribution in [3.05, 3.63) is 18.2 Å². The third-order valence-electron chi connectivity index (χ3n) is 3.54. The van der Waals surface area contributed by atoms with Crippen molar-refractivity contribution in [1.82, 2.24) is 5.32 Å². The number of methoxy groups -OCH3 is 1. The van der Waals surface area contributed by atoms with Gasteiger partial charge in [0.2, 0.25) is 11.8 Å². The third-order valence-corrected chi connectivity index (χ3v) is 3.54. The normalized spacial score (nSPS) is 14.2. The minimum atomic E-state index is -0.497. The van der Waals surface area contributed by atoms with Gasteiger partial charge in [-0.3, -0.25) is 19.8 Å². The summed E-state index contributed by atoms with van der Waals surface area (Å²) in [5.74, 6) is -0.0872. The van der Waals surface area contributed by atoms with E-state index in [0.717, 1.165) is 0 Å². The molecule has 1 aliphatic rings. The summed E-state index contributed by atoms with van der Waals surface area (Å²) in [6.07, 6.45) is 0.427. The van der Waals surface area contributed by atoms with E-state index in [0.29, 0.717) is 36.9 Å². The Morgan fingerprint density at radius 3 is 2.84 bits per heavy atom. The number of hydrogen-bond donors (Lipinski definition) is 3. The Morgan fingerprint density at radius 2 is 2.16 bits per heavy atom. The number of benzene rings is 1. The predicted octanol–water partition coefficient (Wildman–Crippen LogP) is 0.445. The van der Waals surface area contributed by atoms with Gasteiger partial charge in [-0.25, -0.2) is 4.79 Å². The van der Waals surface area contributed by atoms with Crippen molar-refractivity contribution >= 4 is 29.2 Å². The molecule has 9 heteroatoms. The predicted molar refractivity (Wildman–Crippen MR) is 91.6 cm³/mol. The van der Waals surface area contributed by atoms with E-state index in [4.69, 9.17) is 15.2 Å². The smallest absolute Gasteiger partial charge is 0.328 e. The Kier molecular flexibility index (Phi) is 6.72. The first-order valence-corrected chi connectivity index (χ1v) is 7.92. The first kappa shape index (κ1) is 18.7. The minimum Gasteiger partial charge on any atom is -0.494 e. The molecule has 1 saturated heterocycles. The van der Waals surface area contributed by atoms with Crippen molar-refractivity contribution in [2.24, 2.45) is 5.73 Å². The lowest BCUT2D eigenvalue weighted by molar-refractivity contribution is -0.120. The Hall–Kier alpha value is -2.65. The standard InChI is InChI=1S/C16H22N4O5/c1-24-13-10-11(18-15(22)5-8-25-9-6-17)2-3-12(13)20-7-4-14(21)19-16(20)23/h2-3,10H,4-9,17H2,1H3,(H,18,22)(H,19,21,23). The molecule has 0 radical (unpaired) electrons. The second-order valence-corrected chi connectivity index (χ2v) is 5.34. The van der Waals surface area contributed by atoms with E-state index in [9.17, 15) is 14.4 Å². The van der Waals surface area contributed by atoms with Gasteiger partial charge in [0.15, 0.2) is 0 Å². The van der Waals surface area contributed by atoms with Crippen LogP contribution in [0.25, 0.3) is 0 Å². The number of carbonyl (C=O) groups excluding carboxylic acids is 3. The van der Waals surface area contributed by atoms with Gasteiger partial charge in [-0.1, -0.05) is 0 Å². The highest BCUT2D eigenvalue weighted by Crippen LogP contribution is 2.32. The van der Waals surface area contributed by atoms with Crippen LogP contribution in [0.5, 0.6) is 5.75 Å². The molecule has 136 valence electrons. The number of nitrogens with one attached hydrogen (secondary N) is 2. The molecule has 1 fully saturated rings. The highest BCUT2D eigenvalue weighted by atomic mass is 16.5. The number of amides is 4. The number of urea groups is 1. The summed E-state index contributed by atoms with van der Waals surface area (Å²) >= 11 is 0. The molecule has 1 heterocycles. The van der Waals surface area contributed by atoms with Gasteiger partial charge in [-0.15, -0.1) is 0 Å². The lowest BCUT2D eigenvalue weighted by Crippen LogP contribution is -2.49. The number of hydrogen-bond acceptors (Lipinski definition) is 6. The molecular weight excluding hydrogens is 328 g/mol. The molecule has 2 rings (SSSR count). The van der Waals surface area contributed by atoms with Crippen molar-refractivity contribution in [3.8, 4) is 5.75 Å². The number of carbonyl (C=O) groups is 3. The van der Waals surface area contributed by atoms with E-state index < -0.39 is 6.03 Å². The van der Waals surface area contributed by atoms with Crippen LogP contribution in [0.3, 0.4) is 0 Å². The SMILES string of the molecule is COc1cc(NC(=O)CCOCCN)ccc1N1CCC(=O)NC1=O. The topological polar surface area (TPSA) is 123 Å². The fraction of sp³-hybridized carbons (Fsp3) is 0.438. The fourth-order valence-electron chi connectivity index (χ4n) is 2.35. The van der Waals surface area contributed by atoms with E-state index in [-0.39, 0.29) is 31.2 Å². The van der Waals surface area contributed by atoms with Crippen LogP contribution in [-0.4, -0.2) is 51.3 Å². The van der Waals surface area contributed by atoms with E-state index in [1.165, 1.54) is 12.0 Å². The quantitative estimate of drug-likeness (QED) is 0.585. The Balaban J connectivity index is 2.02. The second kappa shape index (κ2) is 9.00. The highest BCUT2D eigenvalue weighted by Gasteiger charge is 2.26. The number of anilines is 2. The summed E-state index contributed by atoms with van der Waals surface area (Å²) in [7, 11) is 1.47. The van der Waals surface area contributed by atoms with Crippen molar-refractivity contribution < 1.29 is 23.9 Å². The molecule has 4 N–H and O–H groups in total. The molecule has 0 saturated carbocycles. The molecule has 9 nitrogen and oxygen atoms in total. The zero-order chi connectivity index (χ0) is 18.2. The second-order valence-electron chi connectivity index (χ2n) is 5.34. The molecule has 0 bridgehead atoms. The molecule has 25 heavy (non-hydrogen) atoms. The van der Waals surface area contributed by atoms with Gasteiger partial charge in [0, 0.05) is 31.3 Å². The Bertz CT molecular complexity index is 649.